The number of aliphatic carboxylic acids is 6. The summed E-state index contributed by atoms with van der Waals surface area (Å²) in [5.74, 6) is -8.96. The van der Waals surface area contributed by atoms with Gasteiger partial charge in [-0.3, -0.25) is 58.1 Å². The van der Waals surface area contributed by atoms with Gasteiger partial charge in [0.2, 0.25) is 11.8 Å². The fourth-order valence-electron chi connectivity index (χ4n) is 8.51. The van der Waals surface area contributed by atoms with E-state index in [4.69, 9.17) is 5.11 Å². The van der Waals surface area contributed by atoms with Crippen LogP contribution in [0.2, 0.25) is 0 Å². The molecule has 3 atom stereocenters. The average Bonchev–Trinajstić information content (AvgIpc) is 3.37. The number of carbonyl (C=O) groups is 10. The molecule has 0 spiro atoms. The number of fused-ring (bicyclic) bond motifs is 2. The highest BCUT2D eigenvalue weighted by Gasteiger charge is 2.27. The van der Waals surface area contributed by atoms with Crippen LogP contribution in [0.5, 0.6) is 0 Å². The van der Waals surface area contributed by atoms with Gasteiger partial charge in [-0.15, -0.1) is 0 Å². The van der Waals surface area contributed by atoms with Gasteiger partial charge >= 0.3 is 41.8 Å². The van der Waals surface area contributed by atoms with E-state index in [1.807, 2.05) is 42.5 Å². The molecule has 1 saturated heterocycles. The zero-order valence-electron chi connectivity index (χ0n) is 42.1. The first-order chi connectivity index (χ1) is 36.7. The van der Waals surface area contributed by atoms with Gasteiger partial charge in [0.05, 0.1) is 37.3 Å². The average molecular weight is 1070 g/mol. The molecule has 26 nitrogen and oxygen atoms in total. The maximum Gasteiger partial charge on any atom is 0.326 e. The minimum Gasteiger partial charge on any atom is -0.481 e. The van der Waals surface area contributed by atoms with Gasteiger partial charge in [-0.25, -0.2) is 14.4 Å². The quantitative estimate of drug-likeness (QED) is 0.0381. The van der Waals surface area contributed by atoms with Crippen molar-refractivity contribution in [1.29, 1.82) is 0 Å². The topological polar surface area (TPSA) is 378 Å². The number of anilines is 1. The Kier molecular flexibility index (Phi) is 23.0. The molecule has 5 amide bonds. The van der Waals surface area contributed by atoms with E-state index in [0.29, 0.717) is 16.6 Å². The number of benzene rings is 3. The Hall–Kier alpha value is -8.33. The Balaban J connectivity index is 1.22. The second-order valence-electron chi connectivity index (χ2n) is 18.5. The van der Waals surface area contributed by atoms with Crippen molar-refractivity contribution < 1.29 is 78.6 Å². The van der Waals surface area contributed by atoms with Crippen LogP contribution in [0.15, 0.2) is 72.9 Å². The lowest BCUT2D eigenvalue weighted by molar-refractivity contribution is -0.141. The molecule has 5 rings (SSSR count). The number of urea groups is 1. The first-order valence-corrected chi connectivity index (χ1v) is 24.8. The molecule has 0 radical (unpaired) electrons. The van der Waals surface area contributed by atoms with E-state index in [9.17, 15) is 73.5 Å². The van der Waals surface area contributed by atoms with Gasteiger partial charge in [-0.05, 0) is 60.2 Å². The van der Waals surface area contributed by atoms with Crippen molar-refractivity contribution in [1.82, 2.24) is 45.9 Å². The number of nitrogens with zero attached hydrogens (tertiary/aromatic N) is 5. The number of carbonyl (C=O) groups excluding carboxylic acids is 4. The zero-order valence-corrected chi connectivity index (χ0v) is 42.1. The molecule has 1 aliphatic heterocycles. The van der Waals surface area contributed by atoms with Crippen molar-refractivity contribution in [3.8, 4) is 0 Å². The van der Waals surface area contributed by atoms with Gasteiger partial charge < -0.3 is 57.2 Å². The molecule has 1 aromatic heterocycles. The van der Waals surface area contributed by atoms with Crippen molar-refractivity contribution in [2.45, 2.75) is 56.7 Å². The molecular formula is C51H64N10O16. The molecule has 1 aliphatic rings. The fraction of sp³-hybridized carbons (Fsp3) is 0.431. The predicted molar refractivity (Wildman–Crippen MR) is 276 cm³/mol. The van der Waals surface area contributed by atoms with E-state index in [1.165, 1.54) is 6.20 Å². The second-order valence-corrected chi connectivity index (χ2v) is 18.5. The van der Waals surface area contributed by atoms with Gasteiger partial charge in [0.25, 0.3) is 5.91 Å². The zero-order chi connectivity index (χ0) is 56.0. The van der Waals surface area contributed by atoms with Crippen LogP contribution in [-0.4, -0.2) is 218 Å². The van der Waals surface area contributed by atoms with Crippen molar-refractivity contribution >= 4 is 86.9 Å². The Morgan fingerprint density at radius 1 is 0.532 bits per heavy atom. The third-order valence-corrected chi connectivity index (χ3v) is 12.6. The summed E-state index contributed by atoms with van der Waals surface area (Å²) in [5.41, 5.74) is 1.66. The number of carboxylic acid groups (broad SMARTS) is 6. The number of hydrogen-bond acceptors (Lipinski definition) is 15. The van der Waals surface area contributed by atoms with Crippen LogP contribution >= 0.6 is 0 Å². The minimum atomic E-state index is -1.57. The number of nitrogens with one attached hydrogen (secondary N) is 5. The molecule has 26 heteroatoms. The molecule has 1 fully saturated rings. The highest BCUT2D eigenvalue weighted by molar-refractivity contribution is 6.01. The summed E-state index contributed by atoms with van der Waals surface area (Å²) in [4.78, 5) is 134. The molecule has 77 heavy (non-hydrogen) atoms. The van der Waals surface area contributed by atoms with Gasteiger partial charge in [0.15, 0.2) is 0 Å². The van der Waals surface area contributed by atoms with Gasteiger partial charge in [-0.2, -0.15) is 0 Å². The Morgan fingerprint density at radius 3 is 1.61 bits per heavy atom. The summed E-state index contributed by atoms with van der Waals surface area (Å²) in [6, 6.07) is 14.5. The maximum atomic E-state index is 13.9. The second kappa shape index (κ2) is 29.7. The summed E-state index contributed by atoms with van der Waals surface area (Å²) in [7, 11) is 0. The summed E-state index contributed by atoms with van der Waals surface area (Å²) in [5, 5.41) is 71.5. The molecule has 0 bridgehead atoms. The number of unbranched alkanes of at least 4 members (excludes halogenated alkanes) is 1. The molecule has 2 heterocycles. The van der Waals surface area contributed by atoms with Crippen LogP contribution < -0.4 is 26.6 Å². The number of hydrogen-bond donors (Lipinski definition) is 11. The Bertz CT molecular complexity index is 2750. The van der Waals surface area contributed by atoms with Crippen LogP contribution in [0.3, 0.4) is 0 Å². The molecule has 3 aromatic carbocycles. The number of rotatable bonds is 26. The van der Waals surface area contributed by atoms with E-state index < -0.39 is 90.5 Å². The minimum absolute atomic E-state index is 0.0551. The molecule has 0 aliphatic carbocycles. The normalized spacial score (nSPS) is 15.4. The third kappa shape index (κ3) is 20.7. The summed E-state index contributed by atoms with van der Waals surface area (Å²) in [6.45, 7) is 0.848. The van der Waals surface area contributed by atoms with E-state index in [2.05, 4.69) is 31.6 Å². The molecule has 414 valence electrons. The van der Waals surface area contributed by atoms with Crippen molar-refractivity contribution in [2.24, 2.45) is 0 Å². The smallest absolute Gasteiger partial charge is 0.326 e. The van der Waals surface area contributed by atoms with Gasteiger partial charge in [0.1, 0.15) is 18.1 Å². The maximum absolute atomic E-state index is 13.9. The monoisotopic (exact) mass is 1070 g/mol. The van der Waals surface area contributed by atoms with Gasteiger partial charge in [0, 0.05) is 89.0 Å². The Morgan fingerprint density at radius 2 is 1.06 bits per heavy atom. The summed E-state index contributed by atoms with van der Waals surface area (Å²) < 4.78 is 0. The van der Waals surface area contributed by atoms with Crippen LogP contribution in [0.1, 0.15) is 48.0 Å². The van der Waals surface area contributed by atoms with E-state index in [0.717, 1.165) is 16.3 Å². The van der Waals surface area contributed by atoms with Crippen LogP contribution in [0.25, 0.3) is 21.7 Å². The first-order valence-electron chi connectivity index (χ1n) is 24.8. The van der Waals surface area contributed by atoms with E-state index in [1.54, 1.807) is 43.9 Å². The van der Waals surface area contributed by atoms with Crippen LogP contribution in [0, 0.1) is 0 Å². The van der Waals surface area contributed by atoms with Crippen molar-refractivity contribution in [2.75, 3.05) is 90.4 Å². The number of pyridine rings is 1. The van der Waals surface area contributed by atoms with Crippen molar-refractivity contribution in [3.63, 3.8) is 0 Å². The number of amides is 5. The molecule has 0 saturated carbocycles. The largest absolute Gasteiger partial charge is 0.481 e. The number of carboxylic acids is 6. The fourth-order valence-corrected chi connectivity index (χ4v) is 8.51. The van der Waals surface area contributed by atoms with Crippen LogP contribution in [-0.2, 0) is 44.8 Å². The SMILES string of the molecule is O=C(O)CC[C@H](NC(=O)N[C@@H](CCCCNC(=O)[C@H](Cc1ccc2ccccc2c1)NC(=O)c1cnc2cc(NC(=O)CN3CCN(CC(=O)O)CCN(CC(=O)O)CCN(CC(=O)O)CC3)ccc2c1)C(=O)O)C(=O)O. The van der Waals surface area contributed by atoms with Crippen molar-refractivity contribution in [3.05, 3.63) is 84.1 Å². The highest BCUT2D eigenvalue weighted by atomic mass is 16.4. The lowest BCUT2D eigenvalue weighted by Gasteiger charge is -2.32. The van der Waals surface area contributed by atoms with Crippen LogP contribution in [0.4, 0.5) is 10.5 Å². The van der Waals surface area contributed by atoms with Gasteiger partial charge in [-0.1, -0.05) is 48.5 Å². The summed E-state index contributed by atoms with van der Waals surface area (Å²) >= 11 is 0. The van der Waals surface area contributed by atoms with E-state index in [-0.39, 0.29) is 116 Å². The highest BCUT2D eigenvalue weighted by Crippen LogP contribution is 2.20. The molecule has 0 unspecified atom stereocenters. The Labute approximate surface area is 441 Å². The lowest BCUT2D eigenvalue weighted by atomic mass is 10.0. The third-order valence-electron chi connectivity index (χ3n) is 12.6. The number of aromatic nitrogens is 1. The lowest BCUT2D eigenvalue weighted by Crippen LogP contribution is -2.51. The van der Waals surface area contributed by atoms with E-state index >= 15 is 0 Å². The molecule has 4 aromatic rings. The standard InChI is InChI=1S/C51H64N10O16/c62-42(28-58-15-17-59(29-44(65)66)19-21-61(31-46(69)70)22-20-60(18-16-58)30-45(67)68)54-37-11-10-35-25-36(27-53-40(35)26-37)47(71)55-41(24-32-8-9-33-5-1-2-6-34(33)23-32)48(72)52-14-4-3-7-38(49(73)74)56-51(77)57-39(50(75)76)12-13-43(63)64/h1-2,5-6,8-11,23,25-27,38-39,41H,3-4,7,12-22,24,28-31H2,(H,52,72)(H,54,62)(H,55,71)(H,63,64)(H,65,66)(H,67,68)(H,69,70)(H,73,74)(H,75,76)(H2,56,57,77)/t38-,39-,41-/m0/s1. The molecule has 11 N–H and O–H groups in total. The summed E-state index contributed by atoms with van der Waals surface area (Å²) in [6.07, 6.45) is 0.784. The first kappa shape index (κ1) is 59.5. The predicted octanol–water partition coefficient (Wildman–Crippen LogP) is 0.500. The molecular weight excluding hydrogens is 1010 g/mol.